The largest absolute Gasteiger partial charge is 0.490 e. The van der Waals surface area contributed by atoms with Gasteiger partial charge in [-0.05, 0) is 62.3 Å². The Kier molecular flexibility index (Phi) is 6.63. The second kappa shape index (κ2) is 10.0. The first-order valence-electron chi connectivity index (χ1n) is 13.5. The summed E-state index contributed by atoms with van der Waals surface area (Å²) in [5, 5.41) is 14.6. The number of carbonyl (C=O) groups is 1. The van der Waals surface area contributed by atoms with Gasteiger partial charge < -0.3 is 24.8 Å². The van der Waals surface area contributed by atoms with Crippen molar-refractivity contribution in [3.05, 3.63) is 59.2 Å². The average molecular weight is 492 g/mol. The lowest BCUT2D eigenvalue weighted by Crippen LogP contribution is -2.45. The molecule has 2 aromatic carbocycles. The Labute approximate surface area is 213 Å². The fraction of sp³-hybridized carbons (Fsp3) is 0.552. The van der Waals surface area contributed by atoms with Crippen molar-refractivity contribution in [3.8, 4) is 11.5 Å². The van der Waals surface area contributed by atoms with Gasteiger partial charge in [-0.2, -0.15) is 0 Å². The molecule has 0 aliphatic carbocycles. The van der Waals surface area contributed by atoms with Crippen LogP contribution in [0.4, 0.5) is 0 Å². The molecule has 2 N–H and O–H groups in total. The first-order chi connectivity index (χ1) is 17.5. The lowest BCUT2D eigenvalue weighted by Gasteiger charge is -2.32. The number of benzene rings is 2. The second-order valence-corrected chi connectivity index (χ2v) is 11.1. The number of aliphatic hydroxyl groups excluding tert-OH is 1. The highest BCUT2D eigenvalue weighted by molar-refractivity contribution is 5.97. The van der Waals surface area contributed by atoms with Gasteiger partial charge in [-0.1, -0.05) is 24.3 Å². The molecule has 192 valence electrons. The number of aliphatic hydroxyl groups is 1. The molecular weight excluding hydrogens is 454 g/mol. The molecule has 4 aliphatic rings. The highest BCUT2D eigenvalue weighted by atomic mass is 16.5. The van der Waals surface area contributed by atoms with Crippen molar-refractivity contribution in [1.82, 2.24) is 15.1 Å². The molecule has 1 amide bonds. The van der Waals surface area contributed by atoms with Crippen LogP contribution in [0.3, 0.4) is 0 Å². The van der Waals surface area contributed by atoms with Gasteiger partial charge in [0.2, 0.25) is 0 Å². The smallest absolute Gasteiger partial charge is 0.257 e. The number of fused-ring (bicyclic) bond motifs is 4. The number of hydrogen-bond donors (Lipinski definition) is 2. The van der Waals surface area contributed by atoms with Gasteiger partial charge in [-0.25, -0.2) is 0 Å². The molecular formula is C29H37N3O4. The molecule has 0 spiro atoms. The molecule has 36 heavy (non-hydrogen) atoms. The van der Waals surface area contributed by atoms with E-state index in [0.29, 0.717) is 43.0 Å². The Bertz CT molecular complexity index is 1100. The summed E-state index contributed by atoms with van der Waals surface area (Å²) in [5.74, 6) is 1.24. The number of hydrogen-bond acceptors (Lipinski definition) is 6. The van der Waals surface area contributed by atoms with Crippen molar-refractivity contribution in [2.75, 3.05) is 26.2 Å². The molecule has 4 aliphatic heterocycles. The molecule has 4 atom stereocenters. The molecule has 2 bridgehead atoms. The Morgan fingerprint density at radius 1 is 1.11 bits per heavy atom. The van der Waals surface area contributed by atoms with Gasteiger partial charge in [0.15, 0.2) is 0 Å². The zero-order chi connectivity index (χ0) is 24.6. The number of rotatable bonds is 6. The molecule has 7 heteroatoms. The number of piperidine rings is 1. The van der Waals surface area contributed by atoms with Gasteiger partial charge in [0.1, 0.15) is 23.7 Å². The zero-order valence-corrected chi connectivity index (χ0v) is 21.1. The Balaban J connectivity index is 1.09. The lowest BCUT2D eigenvalue weighted by molar-refractivity contribution is 0.0454. The summed E-state index contributed by atoms with van der Waals surface area (Å²) in [7, 11) is 0. The van der Waals surface area contributed by atoms with E-state index in [2.05, 4.69) is 34.5 Å². The van der Waals surface area contributed by atoms with E-state index in [1.165, 1.54) is 24.0 Å². The molecule has 0 radical (unpaired) electrons. The van der Waals surface area contributed by atoms with Crippen molar-refractivity contribution >= 4 is 5.91 Å². The fourth-order valence-corrected chi connectivity index (χ4v) is 6.44. The predicted octanol–water partition coefficient (Wildman–Crippen LogP) is 2.99. The third-order valence-corrected chi connectivity index (χ3v) is 8.12. The first kappa shape index (κ1) is 23.8. The molecule has 0 saturated carbocycles. The monoisotopic (exact) mass is 491 g/mol. The van der Waals surface area contributed by atoms with Crippen LogP contribution in [0.25, 0.3) is 0 Å². The SMILES string of the molecule is C[C@@H]1CN(C[C@H](O)CN2CCc3ccccc3C2)C(=O)c2ccc(OC3CC4CCC(C3)N4)cc2O1. The molecule has 2 fully saturated rings. The molecule has 6 rings (SSSR count). The fourth-order valence-electron chi connectivity index (χ4n) is 6.44. The van der Waals surface area contributed by atoms with E-state index < -0.39 is 6.10 Å². The van der Waals surface area contributed by atoms with Gasteiger partial charge in [-0.3, -0.25) is 9.69 Å². The Morgan fingerprint density at radius 3 is 2.69 bits per heavy atom. The molecule has 7 nitrogen and oxygen atoms in total. The highest BCUT2D eigenvalue weighted by Crippen LogP contribution is 2.33. The standard InChI is InChI=1S/C29H37N3O4/c1-19-15-32(18-24(33)17-31-11-10-20-4-2-3-5-21(20)16-31)29(34)27-9-8-25(14-28(27)35-19)36-26-12-22-6-7-23(13-26)30-22/h2-5,8-9,14,19,22-24,26,30,33H,6-7,10-13,15-18H2,1H3/t19-,22?,23?,24-,26?/m1/s1. The van der Waals surface area contributed by atoms with Crippen LogP contribution in [0.15, 0.2) is 42.5 Å². The van der Waals surface area contributed by atoms with E-state index in [1.54, 1.807) is 4.90 Å². The number of nitrogens with one attached hydrogen (secondary N) is 1. The summed E-state index contributed by atoms with van der Waals surface area (Å²) >= 11 is 0. The van der Waals surface area contributed by atoms with E-state index in [9.17, 15) is 9.90 Å². The van der Waals surface area contributed by atoms with E-state index in [-0.39, 0.29) is 18.1 Å². The summed E-state index contributed by atoms with van der Waals surface area (Å²) in [6.45, 7) is 5.02. The van der Waals surface area contributed by atoms with Crippen LogP contribution in [0.1, 0.15) is 54.1 Å². The van der Waals surface area contributed by atoms with Crippen LogP contribution in [-0.4, -0.2) is 77.4 Å². The number of ether oxygens (including phenoxy) is 2. The van der Waals surface area contributed by atoms with Crippen molar-refractivity contribution in [1.29, 1.82) is 0 Å². The summed E-state index contributed by atoms with van der Waals surface area (Å²) in [6, 6.07) is 15.2. The van der Waals surface area contributed by atoms with Gasteiger partial charge >= 0.3 is 0 Å². The Morgan fingerprint density at radius 2 is 1.89 bits per heavy atom. The zero-order valence-electron chi connectivity index (χ0n) is 21.1. The van der Waals surface area contributed by atoms with Gasteiger partial charge in [0.25, 0.3) is 5.91 Å². The molecule has 2 aromatic rings. The number of amides is 1. The Hall–Kier alpha value is -2.61. The maximum atomic E-state index is 13.4. The van der Waals surface area contributed by atoms with Crippen LogP contribution in [0.5, 0.6) is 11.5 Å². The van der Waals surface area contributed by atoms with Gasteiger partial charge in [0, 0.05) is 44.3 Å². The number of β-amino-alcohol motifs (C(OH)–C–C–N with tert-alkyl or cyclic N) is 1. The van der Waals surface area contributed by atoms with Gasteiger partial charge in [0.05, 0.1) is 18.2 Å². The molecule has 2 saturated heterocycles. The third-order valence-electron chi connectivity index (χ3n) is 8.12. The molecule has 0 aromatic heterocycles. The lowest BCUT2D eigenvalue weighted by atomic mass is 10.00. The van der Waals surface area contributed by atoms with E-state index in [1.807, 2.05) is 25.1 Å². The number of nitrogens with zero attached hydrogens (tertiary/aromatic N) is 2. The van der Waals surface area contributed by atoms with Crippen LogP contribution in [0.2, 0.25) is 0 Å². The van der Waals surface area contributed by atoms with Crippen molar-refractivity contribution in [2.24, 2.45) is 0 Å². The maximum absolute atomic E-state index is 13.4. The summed E-state index contributed by atoms with van der Waals surface area (Å²) in [6.07, 6.45) is 4.92. The van der Waals surface area contributed by atoms with Crippen LogP contribution < -0.4 is 14.8 Å². The minimum atomic E-state index is -0.620. The first-order valence-corrected chi connectivity index (χ1v) is 13.5. The van der Waals surface area contributed by atoms with Crippen LogP contribution >= 0.6 is 0 Å². The van der Waals surface area contributed by atoms with E-state index >= 15 is 0 Å². The quantitative estimate of drug-likeness (QED) is 0.647. The highest BCUT2D eigenvalue weighted by Gasteiger charge is 2.35. The third kappa shape index (κ3) is 5.10. The molecule has 4 heterocycles. The summed E-state index contributed by atoms with van der Waals surface area (Å²) in [4.78, 5) is 17.5. The predicted molar refractivity (Wildman–Crippen MR) is 137 cm³/mol. The second-order valence-electron chi connectivity index (χ2n) is 11.1. The van der Waals surface area contributed by atoms with Gasteiger partial charge in [-0.15, -0.1) is 0 Å². The van der Waals surface area contributed by atoms with Crippen molar-refractivity contribution in [2.45, 2.75) is 76.0 Å². The van der Waals surface area contributed by atoms with E-state index in [4.69, 9.17) is 9.47 Å². The van der Waals surface area contributed by atoms with Crippen molar-refractivity contribution in [3.63, 3.8) is 0 Å². The summed E-state index contributed by atoms with van der Waals surface area (Å²) < 4.78 is 12.5. The van der Waals surface area contributed by atoms with E-state index in [0.717, 1.165) is 38.1 Å². The van der Waals surface area contributed by atoms with Crippen molar-refractivity contribution < 1.29 is 19.4 Å². The molecule has 2 unspecified atom stereocenters. The maximum Gasteiger partial charge on any atom is 0.257 e. The topological polar surface area (TPSA) is 74.3 Å². The average Bonchev–Trinajstić information content (AvgIpc) is 3.15. The summed E-state index contributed by atoms with van der Waals surface area (Å²) in [5.41, 5.74) is 3.26. The normalized spacial score (nSPS) is 28.6. The number of carbonyl (C=O) groups excluding carboxylic acids is 1. The minimum Gasteiger partial charge on any atom is -0.490 e. The van der Waals surface area contributed by atoms with Crippen LogP contribution in [-0.2, 0) is 13.0 Å². The minimum absolute atomic E-state index is 0.0937. The van der Waals surface area contributed by atoms with Crippen LogP contribution in [0, 0.1) is 0 Å².